The molecule has 0 aromatic heterocycles. The predicted molar refractivity (Wildman–Crippen MR) is 132 cm³/mol. The molecule has 0 spiro atoms. The third-order valence-electron chi connectivity index (χ3n) is 7.17. The fourth-order valence-electron chi connectivity index (χ4n) is 5.03. The van der Waals surface area contributed by atoms with Crippen LogP contribution in [0.4, 0.5) is 0 Å². The Morgan fingerprint density at radius 2 is 1.91 bits per heavy atom. The zero-order chi connectivity index (χ0) is 24.2. The van der Waals surface area contributed by atoms with Crippen LogP contribution in [-0.4, -0.2) is 42.3 Å². The maximum atomic E-state index is 13.0. The highest BCUT2D eigenvalue weighted by Crippen LogP contribution is 2.29. The van der Waals surface area contributed by atoms with Gasteiger partial charge in [-0.25, -0.2) is 4.79 Å². The third-order valence-corrected chi connectivity index (χ3v) is 7.17. The van der Waals surface area contributed by atoms with E-state index in [-0.39, 0.29) is 11.7 Å². The Morgan fingerprint density at radius 3 is 2.61 bits per heavy atom. The monoisotopic (exact) mass is 460 g/mol. The number of methoxy groups -OCH3 is 1. The molecule has 0 bridgehead atoms. The van der Waals surface area contributed by atoms with E-state index in [4.69, 9.17) is 9.47 Å². The molecule has 0 radical (unpaired) electrons. The summed E-state index contributed by atoms with van der Waals surface area (Å²) in [6, 6.07) is 0. The molecule has 1 saturated carbocycles. The quantitative estimate of drug-likeness (QED) is 0.389. The molecule has 1 fully saturated rings. The number of rotatable bonds is 7. The van der Waals surface area contributed by atoms with E-state index in [2.05, 4.69) is 0 Å². The van der Waals surface area contributed by atoms with Gasteiger partial charge in [0.1, 0.15) is 18.0 Å². The zero-order valence-corrected chi connectivity index (χ0v) is 21.0. The predicted octanol–water partition coefficient (Wildman–Crippen LogP) is 5.72. The number of hydrogen-bond donors (Lipinski definition) is 1. The summed E-state index contributed by atoms with van der Waals surface area (Å²) in [6.07, 6.45) is 17.7. The first-order valence-electron chi connectivity index (χ1n) is 12.8. The van der Waals surface area contributed by atoms with Gasteiger partial charge in [0.15, 0.2) is 0 Å². The topological polar surface area (TPSA) is 72.8 Å². The van der Waals surface area contributed by atoms with Crippen LogP contribution in [0.5, 0.6) is 0 Å². The van der Waals surface area contributed by atoms with Gasteiger partial charge in [-0.1, -0.05) is 76.7 Å². The van der Waals surface area contributed by atoms with Crippen molar-refractivity contribution in [3.8, 4) is 0 Å². The number of carbonyl (C=O) groups excluding carboxylic acids is 2. The van der Waals surface area contributed by atoms with E-state index in [1.807, 2.05) is 39.0 Å². The van der Waals surface area contributed by atoms with Gasteiger partial charge in [0.2, 0.25) is 0 Å². The normalized spacial score (nSPS) is 29.1. The van der Waals surface area contributed by atoms with Gasteiger partial charge in [-0.15, -0.1) is 0 Å². The van der Waals surface area contributed by atoms with E-state index in [9.17, 15) is 14.7 Å². The van der Waals surface area contributed by atoms with Crippen LogP contribution < -0.4 is 0 Å². The number of aliphatic hydroxyl groups is 1. The number of esters is 1. The van der Waals surface area contributed by atoms with Crippen LogP contribution in [0.3, 0.4) is 0 Å². The molecule has 0 saturated heterocycles. The Kier molecular flexibility index (Phi) is 12.1. The molecule has 5 heteroatoms. The number of allylic oxidation sites excluding steroid dienone is 2. The standard InChI is InChI=1S/C28H44O5/c1-20-19-21(2)28(22(3)24(29)16-12-15-23-13-8-7-9-14-23)33-26(30)18-11-6-5-10-17-25(32-4)27(20)31/h10-11,17-20,22-23,25,27-28,31H,5-9,12-16H2,1-4H3/t20-,22-,25+,27+,28?/m1/s1. The largest absolute Gasteiger partial charge is 0.454 e. The van der Waals surface area contributed by atoms with Gasteiger partial charge in [-0.3, -0.25) is 4.79 Å². The van der Waals surface area contributed by atoms with Crippen LogP contribution in [0.1, 0.15) is 85.0 Å². The Hall–Kier alpha value is -1.72. The molecular weight excluding hydrogens is 416 g/mol. The average Bonchev–Trinajstić information content (AvgIpc) is 2.81. The van der Waals surface area contributed by atoms with Gasteiger partial charge < -0.3 is 14.6 Å². The first kappa shape index (κ1) is 27.5. The summed E-state index contributed by atoms with van der Waals surface area (Å²) in [5.41, 5.74) is 0.785. The van der Waals surface area contributed by atoms with Crippen LogP contribution in [0.25, 0.3) is 0 Å². The lowest BCUT2D eigenvalue weighted by Gasteiger charge is -2.27. The van der Waals surface area contributed by atoms with Crippen molar-refractivity contribution >= 4 is 11.8 Å². The van der Waals surface area contributed by atoms with Crippen molar-refractivity contribution < 1.29 is 24.2 Å². The van der Waals surface area contributed by atoms with Gasteiger partial charge in [-0.2, -0.15) is 0 Å². The highest BCUT2D eigenvalue weighted by atomic mass is 16.5. The van der Waals surface area contributed by atoms with Crippen molar-refractivity contribution in [2.45, 2.75) is 103 Å². The van der Waals surface area contributed by atoms with Crippen LogP contribution in [0.2, 0.25) is 0 Å². The summed E-state index contributed by atoms with van der Waals surface area (Å²) in [7, 11) is 1.59. The minimum Gasteiger partial charge on any atom is -0.454 e. The van der Waals surface area contributed by atoms with Gasteiger partial charge in [0, 0.05) is 25.5 Å². The van der Waals surface area contributed by atoms with E-state index in [0.29, 0.717) is 12.8 Å². The van der Waals surface area contributed by atoms with E-state index in [1.165, 1.54) is 38.2 Å². The number of Topliss-reactive ketones (excluding diaryl/α,β-unsaturated/α-hetero) is 1. The molecule has 0 aromatic rings. The van der Waals surface area contributed by atoms with Gasteiger partial charge in [-0.05, 0) is 37.7 Å². The number of hydrogen-bond acceptors (Lipinski definition) is 5. The molecule has 5 atom stereocenters. The Labute approximate surface area is 200 Å². The van der Waals surface area contributed by atoms with Gasteiger partial charge in [0.05, 0.1) is 12.0 Å². The van der Waals surface area contributed by atoms with Crippen LogP contribution >= 0.6 is 0 Å². The van der Waals surface area contributed by atoms with Crippen LogP contribution in [0.15, 0.2) is 36.0 Å². The first-order chi connectivity index (χ1) is 15.8. The lowest BCUT2D eigenvalue weighted by atomic mass is 9.84. The lowest BCUT2D eigenvalue weighted by molar-refractivity contribution is -0.145. The van der Waals surface area contributed by atoms with Crippen LogP contribution in [-0.2, 0) is 19.1 Å². The molecule has 1 unspecified atom stereocenters. The molecule has 2 rings (SSSR count). The molecule has 5 nitrogen and oxygen atoms in total. The van der Waals surface area contributed by atoms with Crippen molar-refractivity contribution in [3.63, 3.8) is 0 Å². The molecule has 33 heavy (non-hydrogen) atoms. The maximum Gasteiger partial charge on any atom is 0.331 e. The highest BCUT2D eigenvalue weighted by Gasteiger charge is 2.30. The van der Waals surface area contributed by atoms with E-state index in [0.717, 1.165) is 30.8 Å². The van der Waals surface area contributed by atoms with Crippen molar-refractivity contribution in [1.29, 1.82) is 0 Å². The number of ketones is 1. The number of cyclic esters (lactones) is 1. The second kappa shape index (κ2) is 14.5. The molecule has 1 aliphatic heterocycles. The first-order valence-corrected chi connectivity index (χ1v) is 12.8. The second-order valence-corrected chi connectivity index (χ2v) is 9.88. The van der Waals surface area contributed by atoms with Crippen molar-refractivity contribution in [3.05, 3.63) is 36.0 Å². The summed E-state index contributed by atoms with van der Waals surface area (Å²) in [4.78, 5) is 25.5. The fraction of sp³-hybridized carbons (Fsp3) is 0.714. The molecule has 1 heterocycles. The van der Waals surface area contributed by atoms with Gasteiger partial charge in [0.25, 0.3) is 0 Å². The number of aliphatic hydroxyl groups excluding tert-OH is 1. The molecule has 0 amide bonds. The summed E-state index contributed by atoms with van der Waals surface area (Å²) in [6.45, 7) is 5.64. The van der Waals surface area contributed by atoms with Crippen molar-refractivity contribution in [2.75, 3.05) is 7.11 Å². The Morgan fingerprint density at radius 1 is 1.21 bits per heavy atom. The number of ether oxygens (including phenoxy) is 2. The smallest absolute Gasteiger partial charge is 0.331 e. The van der Waals surface area contributed by atoms with E-state index in [1.54, 1.807) is 13.2 Å². The molecule has 2 aliphatic rings. The average molecular weight is 461 g/mol. The summed E-state index contributed by atoms with van der Waals surface area (Å²) in [5, 5.41) is 10.8. The maximum absolute atomic E-state index is 13.0. The third kappa shape index (κ3) is 9.21. The minimum absolute atomic E-state index is 0.132. The van der Waals surface area contributed by atoms with E-state index < -0.39 is 30.2 Å². The molecule has 186 valence electrons. The summed E-state index contributed by atoms with van der Waals surface area (Å²) in [5.74, 6) is -0.204. The molecule has 1 aliphatic carbocycles. The SMILES string of the molecule is CO[C@H]1C=CCCC=CC(=O)OC([C@H](C)C(=O)CCCC2CCCCC2)C(C)=C[C@@H](C)[C@@H]1O. The molecule has 1 N–H and O–H groups in total. The Balaban J connectivity index is 2.12. The van der Waals surface area contributed by atoms with Crippen molar-refractivity contribution in [1.82, 2.24) is 0 Å². The van der Waals surface area contributed by atoms with Gasteiger partial charge >= 0.3 is 5.97 Å². The fourth-order valence-corrected chi connectivity index (χ4v) is 5.03. The van der Waals surface area contributed by atoms with E-state index >= 15 is 0 Å². The Bertz CT molecular complexity index is 701. The van der Waals surface area contributed by atoms with Crippen LogP contribution in [0, 0.1) is 17.8 Å². The number of carbonyl (C=O) groups is 2. The summed E-state index contributed by atoms with van der Waals surface area (Å²) < 4.78 is 11.2. The molecule has 0 aromatic carbocycles. The summed E-state index contributed by atoms with van der Waals surface area (Å²) >= 11 is 0. The second-order valence-electron chi connectivity index (χ2n) is 9.88. The lowest BCUT2D eigenvalue weighted by Crippen LogP contribution is -2.34. The molecular formula is C28H44O5. The van der Waals surface area contributed by atoms with Crippen molar-refractivity contribution in [2.24, 2.45) is 17.8 Å². The zero-order valence-electron chi connectivity index (χ0n) is 21.0. The minimum atomic E-state index is -0.738. The highest BCUT2D eigenvalue weighted by molar-refractivity contribution is 5.84.